The van der Waals surface area contributed by atoms with Gasteiger partial charge in [-0.05, 0) is 54.8 Å². The van der Waals surface area contributed by atoms with Crippen molar-refractivity contribution in [1.82, 2.24) is 4.90 Å². The molecule has 5 heteroatoms. The van der Waals surface area contributed by atoms with Crippen LogP contribution in [0.4, 0.5) is 0 Å². The molecule has 1 unspecified atom stereocenters. The van der Waals surface area contributed by atoms with Gasteiger partial charge in [-0.25, -0.2) is 0 Å². The Balaban J connectivity index is 1.59. The molecule has 5 nitrogen and oxygen atoms in total. The zero-order valence-corrected chi connectivity index (χ0v) is 17.8. The summed E-state index contributed by atoms with van der Waals surface area (Å²) in [6.45, 7) is 6.83. The Morgan fingerprint density at radius 2 is 1.77 bits per heavy atom. The van der Waals surface area contributed by atoms with Crippen LogP contribution in [0.3, 0.4) is 0 Å². The van der Waals surface area contributed by atoms with Crippen LogP contribution in [0.5, 0.6) is 11.5 Å². The van der Waals surface area contributed by atoms with E-state index in [0.717, 1.165) is 41.4 Å². The summed E-state index contributed by atoms with van der Waals surface area (Å²) in [5.41, 5.74) is 2.21. The average Bonchev–Trinajstić information content (AvgIpc) is 3.25. The molecule has 0 fully saturated rings. The molecule has 0 saturated carbocycles. The van der Waals surface area contributed by atoms with Crippen molar-refractivity contribution in [3.05, 3.63) is 83.8 Å². The van der Waals surface area contributed by atoms with Gasteiger partial charge in [-0.1, -0.05) is 37.3 Å². The fourth-order valence-electron chi connectivity index (χ4n) is 3.23. The van der Waals surface area contributed by atoms with Crippen LogP contribution >= 0.6 is 0 Å². The minimum atomic E-state index is -0.619. The number of rotatable bonds is 12. The standard InChI is InChI=1S/C25H31NO4/c1-3-14-28-23-12-10-21(11-13-23)16-26(18-24-8-6-15-29-24)17-22(27)19-30-25-9-5-4-7-20(25)2/h4-13,15,22,27H,3,14,16-19H2,1-2H3. The minimum Gasteiger partial charge on any atom is -0.494 e. The molecule has 30 heavy (non-hydrogen) atoms. The minimum absolute atomic E-state index is 0.239. The maximum atomic E-state index is 10.6. The monoisotopic (exact) mass is 409 g/mol. The van der Waals surface area contributed by atoms with Gasteiger partial charge in [0.15, 0.2) is 0 Å². The summed E-state index contributed by atoms with van der Waals surface area (Å²) in [5.74, 6) is 2.55. The van der Waals surface area contributed by atoms with Crippen LogP contribution in [-0.2, 0) is 13.1 Å². The maximum Gasteiger partial charge on any atom is 0.122 e. The molecule has 1 atom stereocenters. The lowest BCUT2D eigenvalue weighted by atomic mass is 10.2. The van der Waals surface area contributed by atoms with Gasteiger partial charge in [0.2, 0.25) is 0 Å². The van der Waals surface area contributed by atoms with Gasteiger partial charge in [0.25, 0.3) is 0 Å². The SMILES string of the molecule is CCCOc1ccc(CN(Cc2ccco2)CC(O)COc2ccccc2C)cc1. The van der Waals surface area contributed by atoms with Crippen molar-refractivity contribution in [2.45, 2.75) is 39.5 Å². The van der Waals surface area contributed by atoms with Crippen molar-refractivity contribution in [2.75, 3.05) is 19.8 Å². The van der Waals surface area contributed by atoms with Gasteiger partial charge < -0.3 is 19.0 Å². The predicted octanol–water partition coefficient (Wildman–Crippen LogP) is 4.82. The number of hydrogen-bond donors (Lipinski definition) is 1. The molecule has 0 aliphatic carbocycles. The lowest BCUT2D eigenvalue weighted by Gasteiger charge is -2.24. The number of aliphatic hydroxyl groups is 1. The molecule has 0 amide bonds. The van der Waals surface area contributed by atoms with Crippen LogP contribution in [0.1, 0.15) is 30.2 Å². The maximum absolute atomic E-state index is 10.6. The summed E-state index contributed by atoms with van der Waals surface area (Å²) in [6.07, 6.45) is 2.04. The quantitative estimate of drug-likeness (QED) is 0.465. The van der Waals surface area contributed by atoms with E-state index in [-0.39, 0.29) is 6.61 Å². The zero-order chi connectivity index (χ0) is 21.2. The topological polar surface area (TPSA) is 55.1 Å². The third-order valence-electron chi connectivity index (χ3n) is 4.76. The van der Waals surface area contributed by atoms with E-state index < -0.39 is 6.10 Å². The first-order valence-electron chi connectivity index (χ1n) is 10.5. The van der Waals surface area contributed by atoms with E-state index in [2.05, 4.69) is 24.0 Å². The molecule has 0 radical (unpaired) electrons. The molecule has 3 rings (SSSR count). The Morgan fingerprint density at radius 3 is 2.47 bits per heavy atom. The average molecular weight is 410 g/mol. The molecule has 0 aliphatic rings. The Kier molecular flexibility index (Phi) is 8.36. The molecule has 1 aromatic heterocycles. The summed E-state index contributed by atoms with van der Waals surface area (Å²) < 4.78 is 17.0. The van der Waals surface area contributed by atoms with E-state index in [0.29, 0.717) is 19.6 Å². The van der Waals surface area contributed by atoms with Gasteiger partial charge in [-0.3, -0.25) is 4.90 Å². The van der Waals surface area contributed by atoms with E-state index in [1.165, 1.54) is 0 Å². The fraction of sp³-hybridized carbons (Fsp3) is 0.360. The largest absolute Gasteiger partial charge is 0.494 e. The first-order valence-corrected chi connectivity index (χ1v) is 10.5. The highest BCUT2D eigenvalue weighted by atomic mass is 16.5. The second-order valence-corrected chi connectivity index (χ2v) is 7.47. The number of aliphatic hydroxyl groups excluding tert-OH is 1. The fourth-order valence-corrected chi connectivity index (χ4v) is 3.23. The van der Waals surface area contributed by atoms with Gasteiger partial charge in [0.1, 0.15) is 30.0 Å². The number of aryl methyl sites for hydroxylation is 1. The molecule has 1 heterocycles. The first kappa shape index (κ1) is 21.9. The zero-order valence-electron chi connectivity index (χ0n) is 17.8. The second-order valence-electron chi connectivity index (χ2n) is 7.47. The molecule has 0 bridgehead atoms. The van der Waals surface area contributed by atoms with E-state index >= 15 is 0 Å². The van der Waals surface area contributed by atoms with Crippen LogP contribution in [0.2, 0.25) is 0 Å². The number of furan rings is 1. The lowest BCUT2D eigenvalue weighted by molar-refractivity contribution is 0.0602. The van der Waals surface area contributed by atoms with Crippen molar-refractivity contribution in [1.29, 1.82) is 0 Å². The molecule has 3 aromatic rings. The van der Waals surface area contributed by atoms with Crippen molar-refractivity contribution in [3.8, 4) is 11.5 Å². The number of hydrogen-bond acceptors (Lipinski definition) is 5. The summed E-state index contributed by atoms with van der Waals surface area (Å²) in [4.78, 5) is 2.16. The molecule has 2 aromatic carbocycles. The molecule has 1 N–H and O–H groups in total. The van der Waals surface area contributed by atoms with Crippen LogP contribution < -0.4 is 9.47 Å². The highest BCUT2D eigenvalue weighted by molar-refractivity contribution is 5.31. The summed E-state index contributed by atoms with van der Waals surface area (Å²) in [7, 11) is 0. The Labute approximate surface area is 178 Å². The Morgan fingerprint density at radius 1 is 0.967 bits per heavy atom. The van der Waals surface area contributed by atoms with Crippen LogP contribution in [0.25, 0.3) is 0 Å². The molecule has 160 valence electrons. The molecule has 0 saturated heterocycles. The third-order valence-corrected chi connectivity index (χ3v) is 4.76. The van der Waals surface area contributed by atoms with Crippen LogP contribution in [0.15, 0.2) is 71.3 Å². The van der Waals surface area contributed by atoms with E-state index in [1.54, 1.807) is 6.26 Å². The van der Waals surface area contributed by atoms with Crippen molar-refractivity contribution < 1.29 is 19.0 Å². The molecule has 0 spiro atoms. The van der Waals surface area contributed by atoms with Gasteiger partial charge in [-0.2, -0.15) is 0 Å². The van der Waals surface area contributed by atoms with Crippen molar-refractivity contribution in [3.63, 3.8) is 0 Å². The molecular weight excluding hydrogens is 378 g/mol. The third kappa shape index (κ3) is 6.94. The number of benzene rings is 2. The van der Waals surface area contributed by atoms with Gasteiger partial charge >= 0.3 is 0 Å². The van der Waals surface area contributed by atoms with Gasteiger partial charge in [0.05, 0.1) is 19.4 Å². The summed E-state index contributed by atoms with van der Waals surface area (Å²) in [6, 6.07) is 19.8. The molecule has 0 aliphatic heterocycles. The van der Waals surface area contributed by atoms with E-state index in [1.807, 2.05) is 55.5 Å². The summed E-state index contributed by atoms with van der Waals surface area (Å²) in [5, 5.41) is 10.6. The predicted molar refractivity (Wildman–Crippen MR) is 118 cm³/mol. The normalized spacial score (nSPS) is 12.1. The Hall–Kier alpha value is -2.76. The molecular formula is C25H31NO4. The highest BCUT2D eigenvalue weighted by Gasteiger charge is 2.15. The van der Waals surface area contributed by atoms with Crippen LogP contribution in [-0.4, -0.2) is 35.9 Å². The Bertz CT molecular complexity index is 861. The first-order chi connectivity index (χ1) is 14.6. The van der Waals surface area contributed by atoms with Crippen molar-refractivity contribution in [2.24, 2.45) is 0 Å². The van der Waals surface area contributed by atoms with Crippen molar-refractivity contribution >= 4 is 0 Å². The van der Waals surface area contributed by atoms with E-state index in [9.17, 15) is 5.11 Å². The van der Waals surface area contributed by atoms with Crippen LogP contribution in [0, 0.1) is 6.92 Å². The van der Waals surface area contributed by atoms with Gasteiger partial charge in [0, 0.05) is 13.1 Å². The van der Waals surface area contributed by atoms with Gasteiger partial charge in [-0.15, -0.1) is 0 Å². The number of para-hydroxylation sites is 1. The number of ether oxygens (including phenoxy) is 2. The van der Waals surface area contributed by atoms with E-state index in [4.69, 9.17) is 13.9 Å². The number of nitrogens with zero attached hydrogens (tertiary/aromatic N) is 1. The lowest BCUT2D eigenvalue weighted by Crippen LogP contribution is -2.35. The second kappa shape index (κ2) is 11.4. The summed E-state index contributed by atoms with van der Waals surface area (Å²) >= 11 is 0. The highest BCUT2D eigenvalue weighted by Crippen LogP contribution is 2.18. The smallest absolute Gasteiger partial charge is 0.122 e.